The molecule has 3 rings (SSSR count). The molecule has 0 radical (unpaired) electrons. The first-order valence-corrected chi connectivity index (χ1v) is 8.45. The molecule has 1 aliphatic rings. The van der Waals surface area contributed by atoms with Gasteiger partial charge in [0.25, 0.3) is 5.91 Å². The molecule has 0 bridgehead atoms. The van der Waals surface area contributed by atoms with E-state index in [1.54, 1.807) is 6.07 Å². The van der Waals surface area contributed by atoms with Gasteiger partial charge in [-0.15, -0.1) is 0 Å². The number of hydrogen-bond donors (Lipinski definition) is 0. The molecule has 6 nitrogen and oxygen atoms in total. The third-order valence-corrected chi connectivity index (χ3v) is 4.20. The first-order valence-electron chi connectivity index (χ1n) is 8.45. The summed E-state index contributed by atoms with van der Waals surface area (Å²) in [5.41, 5.74) is 1.23. The Hall–Kier alpha value is -2.11. The van der Waals surface area contributed by atoms with E-state index in [-0.39, 0.29) is 11.9 Å². The molecule has 23 heavy (non-hydrogen) atoms. The van der Waals surface area contributed by atoms with Crippen molar-refractivity contribution in [3.05, 3.63) is 35.0 Å². The topological polar surface area (TPSA) is 72.4 Å². The minimum atomic E-state index is -0.0846. The van der Waals surface area contributed by atoms with Gasteiger partial charge in [0.1, 0.15) is 17.2 Å². The smallest absolute Gasteiger partial charge is 0.276 e. The molecule has 2 aromatic rings. The predicted octanol–water partition coefficient (Wildman–Crippen LogP) is 3.54. The molecule has 0 aromatic carbocycles. The van der Waals surface area contributed by atoms with Gasteiger partial charge in [0.05, 0.1) is 6.04 Å². The fourth-order valence-corrected chi connectivity index (χ4v) is 3.09. The Morgan fingerprint density at radius 1 is 1.17 bits per heavy atom. The van der Waals surface area contributed by atoms with E-state index < -0.39 is 0 Å². The van der Waals surface area contributed by atoms with Gasteiger partial charge >= 0.3 is 0 Å². The maximum atomic E-state index is 12.7. The Bertz CT molecular complexity index is 662. The molecule has 0 aliphatic carbocycles. The second-order valence-electron chi connectivity index (χ2n) is 6.05. The van der Waals surface area contributed by atoms with Crippen LogP contribution in [-0.4, -0.2) is 27.7 Å². The number of nitrogens with zero attached hydrogens (tertiary/aromatic N) is 3. The second kappa shape index (κ2) is 6.98. The Kier molecular flexibility index (Phi) is 4.79. The monoisotopic (exact) mass is 317 g/mol. The van der Waals surface area contributed by atoms with Crippen molar-refractivity contribution < 1.29 is 13.8 Å². The van der Waals surface area contributed by atoms with Gasteiger partial charge in [0.2, 0.25) is 0 Å². The van der Waals surface area contributed by atoms with Crippen LogP contribution in [0.3, 0.4) is 0 Å². The van der Waals surface area contributed by atoms with E-state index in [1.165, 1.54) is 0 Å². The van der Waals surface area contributed by atoms with E-state index in [4.69, 9.17) is 9.05 Å². The van der Waals surface area contributed by atoms with Crippen LogP contribution in [0.2, 0.25) is 0 Å². The minimum absolute atomic E-state index is 0.0248. The zero-order valence-electron chi connectivity index (χ0n) is 13.7. The number of carbonyl (C=O) groups is 1. The Balaban J connectivity index is 1.75. The molecule has 1 aliphatic heterocycles. The second-order valence-corrected chi connectivity index (χ2v) is 6.05. The van der Waals surface area contributed by atoms with E-state index >= 15 is 0 Å². The fourth-order valence-electron chi connectivity index (χ4n) is 3.09. The van der Waals surface area contributed by atoms with Gasteiger partial charge in [-0.05, 0) is 25.7 Å². The van der Waals surface area contributed by atoms with Crippen molar-refractivity contribution >= 4 is 5.91 Å². The van der Waals surface area contributed by atoms with Crippen LogP contribution in [0.1, 0.15) is 73.3 Å². The Labute approximate surface area is 135 Å². The van der Waals surface area contributed by atoms with Gasteiger partial charge < -0.3 is 13.9 Å². The van der Waals surface area contributed by atoms with E-state index in [2.05, 4.69) is 24.2 Å². The van der Waals surface area contributed by atoms with Crippen LogP contribution in [-0.2, 0) is 12.8 Å². The van der Waals surface area contributed by atoms with Crippen molar-refractivity contribution in [2.45, 2.75) is 58.4 Å². The molecule has 1 unspecified atom stereocenters. The largest absolute Gasteiger partial charge is 0.361 e. The highest BCUT2D eigenvalue weighted by Crippen LogP contribution is 2.33. The molecule has 1 fully saturated rings. The number of likely N-dealkylation sites (tertiary alicyclic amines) is 1. The standard InChI is InChI=1S/C17H23N3O3/c1-3-6-12-10-14(18-22-12)16-8-5-9-20(16)17(21)15-11-13(7-4-2)23-19-15/h10-11,16H,3-9H2,1-2H3. The summed E-state index contributed by atoms with van der Waals surface area (Å²) in [6, 6.07) is 3.71. The Morgan fingerprint density at radius 3 is 2.61 bits per heavy atom. The van der Waals surface area contributed by atoms with Gasteiger partial charge in [-0.2, -0.15) is 0 Å². The number of hydrogen-bond acceptors (Lipinski definition) is 5. The number of carbonyl (C=O) groups excluding carboxylic acids is 1. The maximum Gasteiger partial charge on any atom is 0.276 e. The van der Waals surface area contributed by atoms with Crippen molar-refractivity contribution in [3.8, 4) is 0 Å². The molecule has 1 atom stereocenters. The molecule has 1 saturated heterocycles. The number of rotatable bonds is 6. The summed E-state index contributed by atoms with van der Waals surface area (Å²) in [5, 5.41) is 8.10. The van der Waals surface area contributed by atoms with Crippen LogP contribution in [0.25, 0.3) is 0 Å². The SMILES string of the molecule is CCCc1cc(C(=O)N2CCCC2c2cc(CCC)on2)no1. The zero-order valence-corrected chi connectivity index (χ0v) is 13.7. The molecule has 0 spiro atoms. The van der Waals surface area contributed by atoms with Gasteiger partial charge in [-0.3, -0.25) is 4.79 Å². The molecule has 0 N–H and O–H groups in total. The van der Waals surface area contributed by atoms with Gasteiger partial charge in [-0.25, -0.2) is 0 Å². The highest BCUT2D eigenvalue weighted by atomic mass is 16.5. The fraction of sp³-hybridized carbons (Fsp3) is 0.588. The lowest BCUT2D eigenvalue weighted by Gasteiger charge is -2.21. The summed E-state index contributed by atoms with van der Waals surface area (Å²) in [7, 11) is 0. The summed E-state index contributed by atoms with van der Waals surface area (Å²) in [4.78, 5) is 14.6. The molecule has 1 amide bonds. The quantitative estimate of drug-likeness (QED) is 0.814. The van der Waals surface area contributed by atoms with Crippen molar-refractivity contribution in [3.63, 3.8) is 0 Å². The van der Waals surface area contributed by atoms with E-state index in [0.29, 0.717) is 5.69 Å². The van der Waals surface area contributed by atoms with Gasteiger partial charge in [0.15, 0.2) is 5.69 Å². The molecule has 3 heterocycles. The van der Waals surface area contributed by atoms with Crippen LogP contribution < -0.4 is 0 Å². The van der Waals surface area contributed by atoms with E-state index in [1.807, 2.05) is 11.0 Å². The average Bonchev–Trinajstić information content (AvgIpc) is 3.27. The first kappa shape index (κ1) is 15.8. The highest BCUT2D eigenvalue weighted by Gasteiger charge is 2.34. The van der Waals surface area contributed by atoms with Crippen LogP contribution in [0, 0.1) is 0 Å². The van der Waals surface area contributed by atoms with Crippen molar-refractivity contribution in [1.82, 2.24) is 15.2 Å². The van der Waals surface area contributed by atoms with Crippen LogP contribution in [0.5, 0.6) is 0 Å². The third kappa shape index (κ3) is 3.30. The lowest BCUT2D eigenvalue weighted by atomic mass is 10.1. The van der Waals surface area contributed by atoms with Crippen LogP contribution in [0.4, 0.5) is 0 Å². The predicted molar refractivity (Wildman–Crippen MR) is 84.0 cm³/mol. The minimum Gasteiger partial charge on any atom is -0.361 e. The van der Waals surface area contributed by atoms with Crippen molar-refractivity contribution in [2.75, 3.05) is 6.54 Å². The zero-order chi connectivity index (χ0) is 16.2. The summed E-state index contributed by atoms with van der Waals surface area (Å²) >= 11 is 0. The van der Waals surface area contributed by atoms with E-state index in [0.717, 1.165) is 62.3 Å². The average molecular weight is 317 g/mol. The molecule has 0 saturated carbocycles. The maximum absolute atomic E-state index is 12.7. The molecule has 2 aromatic heterocycles. The lowest BCUT2D eigenvalue weighted by Crippen LogP contribution is -2.30. The lowest BCUT2D eigenvalue weighted by molar-refractivity contribution is 0.0720. The number of aromatic nitrogens is 2. The summed E-state index contributed by atoms with van der Waals surface area (Å²) < 4.78 is 10.6. The van der Waals surface area contributed by atoms with Crippen LogP contribution >= 0.6 is 0 Å². The first-order chi connectivity index (χ1) is 11.2. The summed E-state index contributed by atoms with van der Waals surface area (Å²) in [6.45, 7) is 4.89. The summed E-state index contributed by atoms with van der Waals surface area (Å²) in [6.07, 6.45) is 5.52. The number of aryl methyl sites for hydroxylation is 2. The van der Waals surface area contributed by atoms with Gasteiger partial charge in [0, 0.05) is 31.5 Å². The summed E-state index contributed by atoms with van der Waals surface area (Å²) in [5.74, 6) is 1.56. The Morgan fingerprint density at radius 2 is 1.87 bits per heavy atom. The van der Waals surface area contributed by atoms with Crippen molar-refractivity contribution in [2.24, 2.45) is 0 Å². The van der Waals surface area contributed by atoms with Crippen molar-refractivity contribution in [1.29, 1.82) is 0 Å². The van der Waals surface area contributed by atoms with Crippen LogP contribution in [0.15, 0.2) is 21.2 Å². The molecule has 6 heteroatoms. The van der Waals surface area contributed by atoms with Gasteiger partial charge in [-0.1, -0.05) is 24.2 Å². The highest BCUT2D eigenvalue weighted by molar-refractivity contribution is 5.92. The molecular weight excluding hydrogens is 294 g/mol. The molecule has 124 valence electrons. The van der Waals surface area contributed by atoms with E-state index in [9.17, 15) is 4.79 Å². The molecular formula is C17H23N3O3. The third-order valence-electron chi connectivity index (χ3n) is 4.20. The number of amides is 1. The normalized spacial score (nSPS) is 17.8.